The third-order valence-electron chi connectivity index (χ3n) is 3.70. The molecule has 1 unspecified atom stereocenters. The van der Waals surface area contributed by atoms with Gasteiger partial charge in [-0.05, 0) is 17.2 Å². The summed E-state index contributed by atoms with van der Waals surface area (Å²) in [6.45, 7) is 2.17. The van der Waals surface area contributed by atoms with Crippen LogP contribution in [0.5, 0.6) is 0 Å². The normalized spacial score (nSPS) is 13.8. The Morgan fingerprint density at radius 1 is 1.04 bits per heavy atom. The summed E-state index contributed by atoms with van der Waals surface area (Å²) in [6, 6.07) is 0. The fraction of sp³-hybridized carbons (Fsp3) is 0.867. The Morgan fingerprint density at radius 2 is 1.46 bits per heavy atom. The number of aliphatic carboxylic acids is 1. The van der Waals surface area contributed by atoms with Gasteiger partial charge in [-0.2, -0.15) is 0 Å². The van der Waals surface area contributed by atoms with Gasteiger partial charge in [-0.15, -0.1) is 0 Å². The summed E-state index contributed by atoms with van der Waals surface area (Å²) in [6.07, 6.45) is 10.3. The summed E-state index contributed by atoms with van der Waals surface area (Å²) in [5.41, 5.74) is 0. The van der Waals surface area contributed by atoms with E-state index in [1.807, 2.05) is 0 Å². The molecule has 0 aliphatic rings. The van der Waals surface area contributed by atoms with Crippen molar-refractivity contribution < 1.29 is 57.2 Å². The molecular formula is C15H27NaO6S2. The zero-order valence-corrected chi connectivity index (χ0v) is 18.3. The van der Waals surface area contributed by atoms with Crippen LogP contribution in [0.2, 0.25) is 0 Å². The van der Waals surface area contributed by atoms with Crippen molar-refractivity contribution in [2.24, 2.45) is 0 Å². The molecule has 0 aromatic heterocycles. The van der Waals surface area contributed by atoms with Crippen LogP contribution in [0.25, 0.3) is 0 Å². The summed E-state index contributed by atoms with van der Waals surface area (Å²) < 4.78 is 30.2. The molecule has 0 amide bonds. The van der Waals surface area contributed by atoms with E-state index in [1.54, 1.807) is 0 Å². The molecule has 136 valence electrons. The minimum absolute atomic E-state index is 0. The maximum Gasteiger partial charge on any atom is 1.00 e. The van der Waals surface area contributed by atoms with Crippen LogP contribution >= 0.6 is 10.8 Å². The number of carboxylic acids is 1. The summed E-state index contributed by atoms with van der Waals surface area (Å²) >= 11 is 0. The molecule has 0 rings (SSSR count). The van der Waals surface area contributed by atoms with Crippen LogP contribution in [0.3, 0.4) is 0 Å². The van der Waals surface area contributed by atoms with Crippen molar-refractivity contribution in [2.45, 2.75) is 82.3 Å². The molecule has 0 aromatic carbocycles. The van der Waals surface area contributed by atoms with E-state index < -0.39 is 19.9 Å². The number of aldehydes is 1. The molecule has 0 aliphatic carbocycles. The maximum atomic E-state index is 11.2. The van der Waals surface area contributed by atoms with Gasteiger partial charge in [0.1, 0.15) is 6.29 Å². The largest absolute Gasteiger partial charge is 1.00 e. The van der Waals surface area contributed by atoms with E-state index in [9.17, 15) is 22.6 Å². The van der Waals surface area contributed by atoms with Gasteiger partial charge < -0.3 is 14.5 Å². The zero-order valence-electron chi connectivity index (χ0n) is 14.7. The van der Waals surface area contributed by atoms with Gasteiger partial charge in [0.25, 0.3) is 0 Å². The number of hydrogen-bond acceptors (Lipinski definition) is 6. The third-order valence-corrected chi connectivity index (χ3v) is 6.19. The Bertz CT molecular complexity index is 455. The molecule has 1 N–H and O–H groups in total. The molecule has 0 heterocycles. The Kier molecular flexibility index (Phi) is 16.2. The average Bonchev–Trinajstić information content (AvgIpc) is 2.46. The van der Waals surface area contributed by atoms with E-state index in [2.05, 4.69) is 6.92 Å². The van der Waals surface area contributed by atoms with E-state index in [-0.39, 0.29) is 53.1 Å². The number of unbranched alkanes of at least 4 members (excludes halogenated alkanes) is 9. The third kappa shape index (κ3) is 12.7. The van der Waals surface area contributed by atoms with Crippen LogP contribution in [0.4, 0.5) is 0 Å². The fourth-order valence-corrected chi connectivity index (χ4v) is 4.75. The predicted molar refractivity (Wildman–Crippen MR) is 90.2 cm³/mol. The van der Waals surface area contributed by atoms with Gasteiger partial charge in [0.2, 0.25) is 0 Å². The van der Waals surface area contributed by atoms with Crippen molar-refractivity contribution in [2.75, 3.05) is 0 Å². The van der Waals surface area contributed by atoms with Crippen molar-refractivity contribution in [3.8, 4) is 0 Å². The minimum atomic E-state index is -4.85. The van der Waals surface area contributed by atoms with Crippen molar-refractivity contribution in [3.63, 3.8) is 0 Å². The average molecular weight is 390 g/mol. The standard InChI is InChI=1S/C15H28O6S2.Na/c1-2-3-4-5-6-7-8-9-10-11-12-15(13-16,14(17)18)22-23(19,20)21;/h13H,2-12H2,1H3,(H,17,18)(H,19,20,21);/q;+1/p-1. The molecule has 24 heavy (non-hydrogen) atoms. The van der Waals surface area contributed by atoms with E-state index in [0.29, 0.717) is 6.42 Å². The van der Waals surface area contributed by atoms with Crippen molar-refractivity contribution >= 4 is 32.2 Å². The summed E-state index contributed by atoms with van der Waals surface area (Å²) in [7, 11) is -5.16. The van der Waals surface area contributed by atoms with E-state index in [4.69, 9.17) is 5.11 Å². The first-order valence-electron chi connectivity index (χ1n) is 8.13. The second-order valence-electron chi connectivity index (χ2n) is 5.74. The van der Waals surface area contributed by atoms with Crippen LogP contribution in [0.15, 0.2) is 0 Å². The topological polar surface area (TPSA) is 112 Å². The molecule has 9 heteroatoms. The van der Waals surface area contributed by atoms with E-state index in [0.717, 1.165) is 25.7 Å². The van der Waals surface area contributed by atoms with Crippen molar-refractivity contribution in [3.05, 3.63) is 0 Å². The number of carboxylic acid groups (broad SMARTS) is 1. The van der Waals surface area contributed by atoms with Gasteiger partial charge in [0, 0.05) is 0 Å². The fourth-order valence-electron chi connectivity index (χ4n) is 2.37. The number of carbonyl (C=O) groups is 2. The van der Waals surface area contributed by atoms with Gasteiger partial charge in [-0.25, -0.2) is 8.42 Å². The number of hydrogen-bond donors (Lipinski definition) is 1. The summed E-state index contributed by atoms with van der Waals surface area (Å²) in [5, 5.41) is 9.08. The molecule has 0 aromatic rings. The SMILES string of the molecule is CCCCCCCCCCCCC(C=O)(SS(=O)(=O)[O-])C(=O)O.[Na+]. The molecule has 0 aliphatic heterocycles. The Morgan fingerprint density at radius 3 is 1.79 bits per heavy atom. The van der Waals surface area contributed by atoms with E-state index >= 15 is 0 Å². The quantitative estimate of drug-likeness (QED) is 0.108. The molecule has 0 saturated heterocycles. The molecule has 0 spiro atoms. The van der Waals surface area contributed by atoms with Crippen LogP contribution in [0.1, 0.15) is 77.6 Å². The van der Waals surface area contributed by atoms with Gasteiger partial charge in [-0.1, -0.05) is 71.1 Å². The first kappa shape index (κ1) is 26.6. The zero-order chi connectivity index (χ0) is 17.8. The van der Waals surface area contributed by atoms with Crippen LogP contribution in [-0.2, 0) is 18.7 Å². The van der Waals surface area contributed by atoms with Gasteiger partial charge in [0.05, 0.1) is 0 Å². The van der Waals surface area contributed by atoms with Crippen molar-refractivity contribution in [1.29, 1.82) is 0 Å². The molecule has 0 saturated carbocycles. The first-order valence-corrected chi connectivity index (χ1v) is 10.9. The molecule has 6 nitrogen and oxygen atoms in total. The summed E-state index contributed by atoms with van der Waals surface area (Å²) in [5.74, 6) is -1.58. The first-order chi connectivity index (χ1) is 10.8. The van der Waals surface area contributed by atoms with E-state index in [1.165, 1.54) is 32.1 Å². The number of carbonyl (C=O) groups excluding carboxylic acids is 1. The second-order valence-corrected chi connectivity index (χ2v) is 9.17. The Balaban J connectivity index is 0. The van der Waals surface area contributed by atoms with Crippen molar-refractivity contribution in [1.82, 2.24) is 0 Å². The Labute approximate surface area is 171 Å². The second kappa shape index (κ2) is 14.6. The van der Waals surface area contributed by atoms with Crippen LogP contribution < -0.4 is 29.6 Å². The molecular weight excluding hydrogens is 363 g/mol. The summed E-state index contributed by atoms with van der Waals surface area (Å²) in [4.78, 5) is 22.2. The smallest absolute Gasteiger partial charge is 0.739 e. The molecule has 0 fully saturated rings. The van der Waals surface area contributed by atoms with Crippen LogP contribution in [-0.4, -0.2) is 35.1 Å². The predicted octanol–water partition coefficient (Wildman–Crippen LogP) is 0.517. The number of rotatable bonds is 15. The molecule has 1 atom stereocenters. The monoisotopic (exact) mass is 390 g/mol. The van der Waals surface area contributed by atoms with Gasteiger partial charge in [0.15, 0.2) is 13.9 Å². The minimum Gasteiger partial charge on any atom is -0.739 e. The van der Waals surface area contributed by atoms with Gasteiger partial charge in [-0.3, -0.25) is 4.79 Å². The van der Waals surface area contributed by atoms with Crippen LogP contribution in [0, 0.1) is 0 Å². The maximum absolute atomic E-state index is 11.2. The van der Waals surface area contributed by atoms with Gasteiger partial charge >= 0.3 is 35.5 Å². The Hall–Kier alpha value is 0.400. The molecule has 0 bridgehead atoms. The molecule has 0 radical (unpaired) electrons.